The molecule has 0 aliphatic rings. The zero-order chi connectivity index (χ0) is 21.6. The lowest BCUT2D eigenvalue weighted by molar-refractivity contribution is -0.384. The van der Waals surface area contributed by atoms with Crippen LogP contribution in [-0.2, 0) is 14.8 Å². The molecule has 0 spiro atoms. The molecule has 0 saturated heterocycles. The molecule has 0 unspecified atom stereocenters. The molecule has 0 bridgehead atoms. The highest BCUT2D eigenvalue weighted by atomic mass is 32.2. The molecule has 1 aromatic carbocycles. The Morgan fingerprint density at radius 1 is 1.48 bits per heavy atom. The number of sulfonamides is 1. The number of aromatic nitrogens is 2. The van der Waals surface area contributed by atoms with E-state index in [2.05, 4.69) is 22.1 Å². The summed E-state index contributed by atoms with van der Waals surface area (Å²) < 4.78 is 26.4. The average molecular weight is 458 g/mol. The largest absolute Gasteiger partial charge is 0.299 e. The van der Waals surface area contributed by atoms with Crippen molar-refractivity contribution in [1.29, 1.82) is 0 Å². The van der Waals surface area contributed by atoms with Gasteiger partial charge in [-0.2, -0.15) is 0 Å². The summed E-state index contributed by atoms with van der Waals surface area (Å²) in [6.45, 7) is 5.26. The molecule has 1 amide bonds. The van der Waals surface area contributed by atoms with Crippen molar-refractivity contribution in [2.24, 2.45) is 0 Å². The van der Waals surface area contributed by atoms with Gasteiger partial charge in [0.2, 0.25) is 21.1 Å². The van der Waals surface area contributed by atoms with Crippen LogP contribution in [0.3, 0.4) is 0 Å². The fraction of sp³-hybridized carbons (Fsp3) is 0.312. The van der Waals surface area contributed by atoms with Crippen molar-refractivity contribution in [2.75, 3.05) is 21.6 Å². The second kappa shape index (κ2) is 9.80. The number of nitrogens with zero attached hydrogens (tertiary/aromatic N) is 4. The summed E-state index contributed by atoms with van der Waals surface area (Å²) in [5.41, 5.74) is -0.248. The molecule has 156 valence electrons. The zero-order valence-electron chi connectivity index (χ0n) is 15.6. The smallest absolute Gasteiger partial charge is 0.271 e. The minimum absolute atomic E-state index is 0.0307. The van der Waals surface area contributed by atoms with Gasteiger partial charge in [-0.3, -0.25) is 24.5 Å². The first-order valence-electron chi connectivity index (χ1n) is 8.29. The molecular weight excluding hydrogens is 438 g/mol. The molecule has 0 radical (unpaired) electrons. The molecule has 2 aromatic rings. The summed E-state index contributed by atoms with van der Waals surface area (Å²) in [7, 11) is -3.91. The number of rotatable bonds is 10. The fourth-order valence-corrected chi connectivity index (χ4v) is 5.16. The van der Waals surface area contributed by atoms with Crippen LogP contribution in [0.4, 0.5) is 16.5 Å². The molecule has 1 N–H and O–H groups in total. The van der Waals surface area contributed by atoms with Gasteiger partial charge in [0.25, 0.3) is 5.69 Å². The van der Waals surface area contributed by atoms with Gasteiger partial charge in [0.05, 0.1) is 16.9 Å². The third-order valence-electron chi connectivity index (χ3n) is 3.59. The zero-order valence-corrected chi connectivity index (χ0v) is 18.1. The van der Waals surface area contributed by atoms with Crippen LogP contribution in [0.15, 0.2) is 41.3 Å². The van der Waals surface area contributed by atoms with Crippen LogP contribution in [0.25, 0.3) is 0 Å². The summed E-state index contributed by atoms with van der Waals surface area (Å²) in [4.78, 5) is 23.2. The van der Waals surface area contributed by atoms with Gasteiger partial charge >= 0.3 is 0 Å². The van der Waals surface area contributed by atoms with Gasteiger partial charge in [-0.25, -0.2) is 8.42 Å². The second-order valence-corrected chi connectivity index (χ2v) is 9.83. The molecule has 0 fully saturated rings. The quantitative estimate of drug-likeness (QED) is 0.189. The van der Waals surface area contributed by atoms with Gasteiger partial charge < -0.3 is 0 Å². The van der Waals surface area contributed by atoms with Crippen molar-refractivity contribution in [1.82, 2.24) is 10.2 Å². The summed E-state index contributed by atoms with van der Waals surface area (Å²) >= 11 is 2.55. The summed E-state index contributed by atoms with van der Waals surface area (Å²) in [6.07, 6.45) is 2.79. The average Bonchev–Trinajstić information content (AvgIpc) is 3.10. The molecule has 0 aliphatic carbocycles. The normalized spacial score (nSPS) is 12.2. The number of non-ortho nitro benzene ring substituents is 1. The maximum atomic E-state index is 12.8. The van der Waals surface area contributed by atoms with E-state index in [0.717, 1.165) is 28.0 Å². The van der Waals surface area contributed by atoms with Crippen molar-refractivity contribution in [3.8, 4) is 0 Å². The van der Waals surface area contributed by atoms with Crippen LogP contribution in [-0.4, -0.2) is 47.5 Å². The number of nitro groups is 1. The Kier molecular flexibility index (Phi) is 7.70. The minimum Gasteiger partial charge on any atom is -0.299 e. The van der Waals surface area contributed by atoms with Crippen LogP contribution >= 0.6 is 23.1 Å². The van der Waals surface area contributed by atoms with E-state index in [-0.39, 0.29) is 22.9 Å². The van der Waals surface area contributed by atoms with Crippen molar-refractivity contribution in [3.63, 3.8) is 0 Å². The standard InChI is InChI=1S/C16H19N5O5S3/c1-4-9-27-16-19-18-15(28-16)17-14(22)13(5-2)20(29(3,25)26)11-7-6-8-12(10-11)21(23)24/h4,6-8,10,13H,1,5,9H2,2-3H3,(H,17,18,22)/t13-/m1/s1. The number of thioether (sulfide) groups is 1. The van der Waals surface area contributed by atoms with Crippen LogP contribution in [0.2, 0.25) is 0 Å². The Labute approximate surface area is 176 Å². The van der Waals surface area contributed by atoms with E-state index >= 15 is 0 Å². The summed E-state index contributed by atoms with van der Waals surface area (Å²) in [6, 6.07) is 4.00. The second-order valence-electron chi connectivity index (χ2n) is 5.72. The van der Waals surface area contributed by atoms with E-state index in [1.807, 2.05) is 0 Å². The first kappa shape index (κ1) is 22.8. The van der Waals surface area contributed by atoms with E-state index in [4.69, 9.17) is 0 Å². The first-order valence-corrected chi connectivity index (χ1v) is 11.9. The number of nitro benzene ring substituents is 1. The number of hydrogen-bond donors (Lipinski definition) is 1. The Morgan fingerprint density at radius 2 is 2.21 bits per heavy atom. The Morgan fingerprint density at radius 3 is 2.79 bits per heavy atom. The topological polar surface area (TPSA) is 135 Å². The Bertz CT molecular complexity index is 1010. The number of carbonyl (C=O) groups is 1. The predicted molar refractivity (Wildman–Crippen MR) is 114 cm³/mol. The highest BCUT2D eigenvalue weighted by Crippen LogP contribution is 2.28. The van der Waals surface area contributed by atoms with E-state index < -0.39 is 26.9 Å². The Hall–Kier alpha value is -2.51. The summed E-state index contributed by atoms with van der Waals surface area (Å²) in [5.74, 6) is 0.0234. The number of anilines is 2. The number of nitrogens with one attached hydrogen (secondary N) is 1. The van der Waals surface area contributed by atoms with Crippen LogP contribution in [0, 0.1) is 10.1 Å². The van der Waals surface area contributed by atoms with Gasteiger partial charge in [0, 0.05) is 17.9 Å². The number of hydrogen-bond acceptors (Lipinski definition) is 9. The van der Waals surface area contributed by atoms with E-state index in [9.17, 15) is 23.3 Å². The van der Waals surface area contributed by atoms with Crippen LogP contribution in [0.5, 0.6) is 0 Å². The predicted octanol–water partition coefficient (Wildman–Crippen LogP) is 2.91. The lowest BCUT2D eigenvalue weighted by atomic mass is 10.2. The maximum Gasteiger partial charge on any atom is 0.271 e. The number of carbonyl (C=O) groups excluding carboxylic acids is 1. The SMILES string of the molecule is C=CCSc1nnc(NC(=O)[C@@H](CC)N(c2cccc([N+](=O)[O-])c2)S(C)(=O)=O)s1. The number of benzene rings is 1. The molecule has 2 rings (SSSR count). The van der Waals surface area contributed by atoms with E-state index in [1.54, 1.807) is 13.0 Å². The molecule has 1 heterocycles. The van der Waals surface area contributed by atoms with Crippen molar-refractivity contribution < 1.29 is 18.1 Å². The third-order valence-corrected chi connectivity index (χ3v) is 6.73. The molecule has 1 atom stereocenters. The molecule has 10 nitrogen and oxygen atoms in total. The number of amides is 1. The van der Waals surface area contributed by atoms with Crippen LogP contribution < -0.4 is 9.62 Å². The van der Waals surface area contributed by atoms with E-state index in [0.29, 0.717) is 10.1 Å². The van der Waals surface area contributed by atoms with Gasteiger partial charge in [0.1, 0.15) is 6.04 Å². The van der Waals surface area contributed by atoms with Crippen molar-refractivity contribution in [2.45, 2.75) is 23.7 Å². The lowest BCUT2D eigenvalue weighted by Crippen LogP contribution is -2.47. The molecule has 0 saturated carbocycles. The first-order chi connectivity index (χ1) is 13.7. The highest BCUT2D eigenvalue weighted by Gasteiger charge is 2.32. The van der Waals surface area contributed by atoms with Gasteiger partial charge in [-0.05, 0) is 12.5 Å². The molecule has 13 heteroatoms. The van der Waals surface area contributed by atoms with Gasteiger partial charge in [-0.1, -0.05) is 42.2 Å². The van der Waals surface area contributed by atoms with Gasteiger partial charge in [0.15, 0.2) is 4.34 Å². The highest BCUT2D eigenvalue weighted by molar-refractivity contribution is 8.01. The third kappa shape index (κ3) is 5.98. The molecule has 0 aliphatic heterocycles. The maximum absolute atomic E-state index is 12.8. The fourth-order valence-electron chi connectivity index (χ4n) is 2.44. The molecular formula is C16H19N5O5S3. The van der Waals surface area contributed by atoms with Crippen molar-refractivity contribution >= 4 is 55.5 Å². The van der Waals surface area contributed by atoms with Gasteiger partial charge in [-0.15, -0.1) is 16.8 Å². The van der Waals surface area contributed by atoms with E-state index in [1.165, 1.54) is 30.0 Å². The molecule has 1 aromatic heterocycles. The Balaban J connectivity index is 2.32. The summed E-state index contributed by atoms with van der Waals surface area (Å²) in [5, 5.41) is 21.7. The monoisotopic (exact) mass is 457 g/mol. The lowest BCUT2D eigenvalue weighted by Gasteiger charge is -2.29. The molecule has 29 heavy (non-hydrogen) atoms. The van der Waals surface area contributed by atoms with Crippen LogP contribution in [0.1, 0.15) is 13.3 Å². The van der Waals surface area contributed by atoms with Crippen molar-refractivity contribution in [3.05, 3.63) is 47.0 Å². The minimum atomic E-state index is -3.91.